The molecule has 1 atom stereocenters. The number of esters is 1. The summed E-state index contributed by atoms with van der Waals surface area (Å²) >= 11 is 0. The molecular weight excluding hydrogens is 284 g/mol. The van der Waals surface area contributed by atoms with E-state index in [1.165, 1.54) is 7.11 Å². The monoisotopic (exact) mass is 314 g/mol. The Morgan fingerprint density at radius 2 is 1.64 bits per heavy atom. The van der Waals surface area contributed by atoms with Crippen molar-refractivity contribution in [3.8, 4) is 0 Å². The molecule has 0 bridgehead atoms. The fourth-order valence-electron chi connectivity index (χ4n) is 2.52. The second-order valence-corrected chi connectivity index (χ2v) is 7.17. The SMILES string of the molecule is COC(=O)[C@H](CC(C)C)N1CCN(C(=O)OC(C)(C)C)CC1. The molecule has 0 aliphatic carbocycles. The molecule has 1 heterocycles. The molecule has 0 spiro atoms. The number of amides is 1. The number of carbonyl (C=O) groups is 2. The lowest BCUT2D eigenvalue weighted by atomic mass is 10.0. The predicted octanol–water partition coefficient (Wildman–Crippen LogP) is 2.13. The Labute approximate surface area is 133 Å². The topological polar surface area (TPSA) is 59.1 Å². The van der Waals surface area contributed by atoms with E-state index in [1.807, 2.05) is 20.8 Å². The minimum absolute atomic E-state index is 0.195. The number of rotatable bonds is 4. The normalized spacial score (nSPS) is 18.2. The molecule has 0 radical (unpaired) electrons. The average molecular weight is 314 g/mol. The molecule has 1 amide bonds. The van der Waals surface area contributed by atoms with Gasteiger partial charge >= 0.3 is 12.1 Å². The number of hydrogen-bond donors (Lipinski definition) is 0. The molecule has 6 nitrogen and oxygen atoms in total. The van der Waals surface area contributed by atoms with Crippen molar-refractivity contribution in [3.05, 3.63) is 0 Å². The number of carbonyl (C=O) groups excluding carboxylic acids is 2. The zero-order chi connectivity index (χ0) is 16.9. The molecule has 128 valence electrons. The van der Waals surface area contributed by atoms with Crippen LogP contribution >= 0.6 is 0 Å². The van der Waals surface area contributed by atoms with Crippen LogP contribution in [-0.4, -0.2) is 66.8 Å². The van der Waals surface area contributed by atoms with Gasteiger partial charge in [0.25, 0.3) is 0 Å². The standard InChI is InChI=1S/C16H30N2O4/c1-12(2)11-13(14(19)21-6)17-7-9-18(10-8-17)15(20)22-16(3,4)5/h12-13H,7-11H2,1-6H3/t13-/m0/s1. The molecule has 1 rings (SSSR count). The lowest BCUT2D eigenvalue weighted by molar-refractivity contribution is -0.148. The van der Waals surface area contributed by atoms with Gasteiger partial charge in [-0.1, -0.05) is 13.8 Å². The van der Waals surface area contributed by atoms with Crippen LogP contribution in [0.4, 0.5) is 4.79 Å². The van der Waals surface area contributed by atoms with Crippen molar-refractivity contribution in [2.24, 2.45) is 5.92 Å². The summed E-state index contributed by atoms with van der Waals surface area (Å²) < 4.78 is 10.3. The molecule has 0 aromatic heterocycles. The second kappa shape index (κ2) is 7.81. The number of ether oxygens (including phenoxy) is 2. The van der Waals surface area contributed by atoms with Crippen molar-refractivity contribution in [3.63, 3.8) is 0 Å². The Morgan fingerprint density at radius 1 is 1.09 bits per heavy atom. The summed E-state index contributed by atoms with van der Waals surface area (Å²) in [7, 11) is 1.42. The van der Waals surface area contributed by atoms with Crippen LogP contribution < -0.4 is 0 Å². The van der Waals surface area contributed by atoms with Gasteiger partial charge in [0.2, 0.25) is 0 Å². The summed E-state index contributed by atoms with van der Waals surface area (Å²) in [5, 5.41) is 0. The molecule has 6 heteroatoms. The molecule has 1 aliphatic rings. The van der Waals surface area contributed by atoms with Crippen molar-refractivity contribution in [1.82, 2.24) is 9.80 Å². The number of methoxy groups -OCH3 is 1. The third-order valence-corrected chi connectivity index (χ3v) is 3.57. The van der Waals surface area contributed by atoms with E-state index in [9.17, 15) is 9.59 Å². The summed E-state index contributed by atoms with van der Waals surface area (Å²) in [6.45, 7) is 12.2. The van der Waals surface area contributed by atoms with Gasteiger partial charge in [-0.25, -0.2) is 4.79 Å². The third kappa shape index (κ3) is 5.83. The molecule has 0 aromatic rings. The lowest BCUT2D eigenvalue weighted by Crippen LogP contribution is -2.55. The predicted molar refractivity (Wildman–Crippen MR) is 84.6 cm³/mol. The Balaban J connectivity index is 2.58. The van der Waals surface area contributed by atoms with Gasteiger partial charge in [-0.3, -0.25) is 9.69 Å². The first-order valence-corrected chi connectivity index (χ1v) is 7.94. The van der Waals surface area contributed by atoms with Gasteiger partial charge < -0.3 is 14.4 Å². The highest BCUT2D eigenvalue weighted by Gasteiger charge is 2.32. The van der Waals surface area contributed by atoms with Crippen molar-refractivity contribution in [2.75, 3.05) is 33.3 Å². The Hall–Kier alpha value is -1.30. The van der Waals surface area contributed by atoms with Gasteiger partial charge in [-0.15, -0.1) is 0 Å². The first-order chi connectivity index (χ1) is 10.1. The number of piperazine rings is 1. The molecular formula is C16H30N2O4. The van der Waals surface area contributed by atoms with Crippen LogP contribution in [0, 0.1) is 5.92 Å². The minimum atomic E-state index is -0.486. The zero-order valence-corrected chi connectivity index (χ0v) is 14.7. The van der Waals surface area contributed by atoms with Crippen LogP contribution in [-0.2, 0) is 14.3 Å². The van der Waals surface area contributed by atoms with E-state index < -0.39 is 5.60 Å². The van der Waals surface area contributed by atoms with Gasteiger partial charge in [0, 0.05) is 26.2 Å². The van der Waals surface area contributed by atoms with E-state index >= 15 is 0 Å². The Kier molecular flexibility index (Phi) is 6.66. The van der Waals surface area contributed by atoms with Gasteiger partial charge in [0.15, 0.2) is 0 Å². The fourth-order valence-corrected chi connectivity index (χ4v) is 2.52. The molecule has 0 N–H and O–H groups in total. The number of nitrogens with zero attached hydrogens (tertiary/aromatic N) is 2. The van der Waals surface area contributed by atoms with E-state index in [2.05, 4.69) is 18.7 Å². The first kappa shape index (κ1) is 18.7. The van der Waals surface area contributed by atoms with Crippen LogP contribution in [0.2, 0.25) is 0 Å². The highest BCUT2D eigenvalue weighted by Crippen LogP contribution is 2.17. The maximum Gasteiger partial charge on any atom is 0.410 e. The second-order valence-electron chi connectivity index (χ2n) is 7.17. The van der Waals surface area contributed by atoms with E-state index in [1.54, 1.807) is 4.90 Å². The Morgan fingerprint density at radius 3 is 2.05 bits per heavy atom. The Bertz CT molecular complexity index is 382. The van der Waals surface area contributed by atoms with Crippen molar-refractivity contribution >= 4 is 12.1 Å². The minimum Gasteiger partial charge on any atom is -0.468 e. The maximum atomic E-state index is 12.1. The maximum absolute atomic E-state index is 12.1. The zero-order valence-electron chi connectivity index (χ0n) is 14.7. The highest BCUT2D eigenvalue weighted by molar-refractivity contribution is 5.75. The van der Waals surface area contributed by atoms with Crippen LogP contribution in [0.25, 0.3) is 0 Å². The van der Waals surface area contributed by atoms with Crippen molar-refractivity contribution in [2.45, 2.75) is 52.7 Å². The van der Waals surface area contributed by atoms with Crippen LogP contribution in [0.15, 0.2) is 0 Å². The van der Waals surface area contributed by atoms with Crippen LogP contribution in [0.3, 0.4) is 0 Å². The van der Waals surface area contributed by atoms with E-state index in [0.29, 0.717) is 32.1 Å². The van der Waals surface area contributed by atoms with E-state index in [0.717, 1.165) is 6.42 Å². The molecule has 1 fully saturated rings. The first-order valence-electron chi connectivity index (χ1n) is 7.94. The summed E-state index contributed by atoms with van der Waals surface area (Å²) in [4.78, 5) is 27.8. The smallest absolute Gasteiger partial charge is 0.410 e. The van der Waals surface area contributed by atoms with E-state index in [4.69, 9.17) is 9.47 Å². The molecule has 0 aromatic carbocycles. The molecule has 22 heavy (non-hydrogen) atoms. The molecule has 1 aliphatic heterocycles. The van der Waals surface area contributed by atoms with Gasteiger partial charge in [0.1, 0.15) is 11.6 Å². The van der Waals surface area contributed by atoms with Crippen molar-refractivity contribution in [1.29, 1.82) is 0 Å². The lowest BCUT2D eigenvalue weighted by Gasteiger charge is -2.38. The van der Waals surface area contributed by atoms with Gasteiger partial charge in [-0.05, 0) is 33.1 Å². The molecule has 0 unspecified atom stereocenters. The average Bonchev–Trinajstić information content (AvgIpc) is 2.42. The summed E-state index contributed by atoms with van der Waals surface area (Å²) in [6.07, 6.45) is 0.477. The molecule has 0 saturated carbocycles. The summed E-state index contributed by atoms with van der Waals surface area (Å²) in [5.41, 5.74) is -0.486. The van der Waals surface area contributed by atoms with Gasteiger partial charge in [-0.2, -0.15) is 0 Å². The fraction of sp³-hybridized carbons (Fsp3) is 0.875. The van der Waals surface area contributed by atoms with Gasteiger partial charge in [0.05, 0.1) is 7.11 Å². The van der Waals surface area contributed by atoms with Crippen LogP contribution in [0.5, 0.6) is 0 Å². The quantitative estimate of drug-likeness (QED) is 0.744. The largest absolute Gasteiger partial charge is 0.468 e. The van der Waals surface area contributed by atoms with Crippen molar-refractivity contribution < 1.29 is 19.1 Å². The van der Waals surface area contributed by atoms with E-state index in [-0.39, 0.29) is 18.1 Å². The number of hydrogen-bond acceptors (Lipinski definition) is 5. The molecule has 1 saturated heterocycles. The van der Waals surface area contributed by atoms with Crippen LogP contribution in [0.1, 0.15) is 41.0 Å². The highest BCUT2D eigenvalue weighted by atomic mass is 16.6. The summed E-state index contributed by atoms with van der Waals surface area (Å²) in [6, 6.07) is -0.231. The summed E-state index contributed by atoms with van der Waals surface area (Å²) in [5.74, 6) is 0.215. The third-order valence-electron chi connectivity index (χ3n) is 3.57.